The first-order valence-corrected chi connectivity index (χ1v) is 10.2. The van der Waals surface area contributed by atoms with E-state index in [0.29, 0.717) is 12.1 Å². The van der Waals surface area contributed by atoms with Crippen LogP contribution in [0, 0.1) is 0 Å². The van der Waals surface area contributed by atoms with Crippen LogP contribution in [0.2, 0.25) is 0 Å². The molecule has 1 saturated heterocycles. The third-order valence-corrected chi connectivity index (χ3v) is 6.50. The molecule has 1 aliphatic heterocycles. The molecule has 1 atom stereocenters. The monoisotopic (exact) mass is 366 g/mol. The lowest BCUT2D eigenvalue weighted by molar-refractivity contribution is 0.0989. The van der Waals surface area contributed by atoms with Crippen LogP contribution in [-0.2, 0) is 6.54 Å². The predicted octanol–water partition coefficient (Wildman–Crippen LogP) is 4.35. The quantitative estimate of drug-likeness (QED) is 0.672. The summed E-state index contributed by atoms with van der Waals surface area (Å²) in [5, 5.41) is 0. The van der Waals surface area contributed by atoms with E-state index in [1.165, 1.54) is 28.7 Å². The van der Waals surface area contributed by atoms with Crippen molar-refractivity contribution in [2.75, 3.05) is 20.1 Å². The molecule has 1 aromatic carbocycles. The highest BCUT2D eigenvalue weighted by Crippen LogP contribution is 2.29. The number of hydrogen-bond acceptors (Lipinski definition) is 5. The van der Waals surface area contributed by atoms with Crippen LogP contribution in [0.15, 0.2) is 48.2 Å². The van der Waals surface area contributed by atoms with E-state index in [0.717, 1.165) is 25.2 Å². The number of piperidine rings is 1. The first-order chi connectivity index (χ1) is 12.7. The molecule has 3 aromatic rings. The highest BCUT2D eigenvalue weighted by molar-refractivity contribution is 7.16. The summed E-state index contributed by atoms with van der Waals surface area (Å²) >= 11 is 1.71. The van der Waals surface area contributed by atoms with Crippen molar-refractivity contribution in [1.82, 2.24) is 19.8 Å². The maximum Gasteiger partial charge on any atom is 0.0815 e. The SMILES string of the molecule is CC(c1ccc2scnc2c1)N1CCC(N(C)Cc2ccncc2)CC1. The molecule has 136 valence electrons. The van der Waals surface area contributed by atoms with Crippen molar-refractivity contribution >= 4 is 21.6 Å². The molecule has 2 aromatic heterocycles. The summed E-state index contributed by atoms with van der Waals surface area (Å²) in [6.45, 7) is 5.64. The molecule has 26 heavy (non-hydrogen) atoms. The van der Waals surface area contributed by atoms with Crippen LogP contribution >= 0.6 is 11.3 Å². The molecule has 4 nitrogen and oxygen atoms in total. The van der Waals surface area contributed by atoms with Crippen LogP contribution in [-0.4, -0.2) is 45.9 Å². The molecule has 0 aliphatic carbocycles. The van der Waals surface area contributed by atoms with Crippen molar-refractivity contribution in [1.29, 1.82) is 0 Å². The summed E-state index contributed by atoms with van der Waals surface area (Å²) in [4.78, 5) is 13.7. The number of pyridine rings is 1. The molecule has 0 spiro atoms. The number of benzene rings is 1. The lowest BCUT2D eigenvalue weighted by Crippen LogP contribution is -2.43. The van der Waals surface area contributed by atoms with Gasteiger partial charge in [0.15, 0.2) is 0 Å². The Labute approximate surface area is 159 Å². The summed E-state index contributed by atoms with van der Waals surface area (Å²) in [5.41, 5.74) is 5.79. The molecule has 1 unspecified atom stereocenters. The molecule has 4 rings (SSSR count). The summed E-state index contributed by atoms with van der Waals surface area (Å²) < 4.78 is 1.28. The maximum atomic E-state index is 4.47. The van der Waals surface area contributed by atoms with Crippen molar-refractivity contribution in [3.05, 3.63) is 59.4 Å². The zero-order chi connectivity index (χ0) is 17.9. The highest BCUT2D eigenvalue weighted by Gasteiger charge is 2.26. The Morgan fingerprint density at radius 3 is 2.73 bits per heavy atom. The molecule has 1 fully saturated rings. The third kappa shape index (κ3) is 3.80. The van der Waals surface area contributed by atoms with Crippen LogP contribution < -0.4 is 0 Å². The van der Waals surface area contributed by atoms with Crippen molar-refractivity contribution in [3.63, 3.8) is 0 Å². The molecule has 0 N–H and O–H groups in total. The average Bonchev–Trinajstić information content (AvgIpc) is 3.16. The fourth-order valence-corrected chi connectivity index (χ4v) is 4.62. The minimum atomic E-state index is 0.451. The van der Waals surface area contributed by atoms with E-state index in [4.69, 9.17) is 0 Å². The highest BCUT2D eigenvalue weighted by atomic mass is 32.1. The van der Waals surface area contributed by atoms with Crippen LogP contribution in [0.4, 0.5) is 0 Å². The fraction of sp³-hybridized carbons (Fsp3) is 0.429. The molecule has 0 amide bonds. The Morgan fingerprint density at radius 2 is 1.96 bits per heavy atom. The van der Waals surface area contributed by atoms with Crippen LogP contribution in [0.3, 0.4) is 0 Å². The maximum absolute atomic E-state index is 4.47. The summed E-state index contributed by atoms with van der Waals surface area (Å²) in [7, 11) is 2.25. The normalized spacial score (nSPS) is 17.8. The van der Waals surface area contributed by atoms with Crippen molar-refractivity contribution in [2.45, 2.75) is 38.4 Å². The van der Waals surface area contributed by atoms with Gasteiger partial charge in [0.05, 0.1) is 15.7 Å². The van der Waals surface area contributed by atoms with Crippen LogP contribution in [0.25, 0.3) is 10.2 Å². The minimum Gasteiger partial charge on any atom is -0.299 e. The molecular formula is C21H26N4S. The molecule has 1 aliphatic rings. The molecule has 5 heteroatoms. The van der Waals surface area contributed by atoms with Gasteiger partial charge in [0.25, 0.3) is 0 Å². The Morgan fingerprint density at radius 1 is 1.19 bits per heavy atom. The van der Waals surface area contributed by atoms with Gasteiger partial charge in [0.2, 0.25) is 0 Å². The number of nitrogens with zero attached hydrogens (tertiary/aromatic N) is 4. The van der Waals surface area contributed by atoms with Crippen LogP contribution in [0.5, 0.6) is 0 Å². The van der Waals surface area contributed by atoms with Gasteiger partial charge in [-0.05, 0) is 62.2 Å². The van der Waals surface area contributed by atoms with E-state index in [2.05, 4.69) is 64.1 Å². The van der Waals surface area contributed by atoms with E-state index in [1.54, 1.807) is 11.3 Å². The Bertz CT molecular complexity index is 839. The van der Waals surface area contributed by atoms with E-state index in [-0.39, 0.29) is 0 Å². The topological polar surface area (TPSA) is 32.3 Å². The van der Waals surface area contributed by atoms with E-state index < -0.39 is 0 Å². The number of fused-ring (bicyclic) bond motifs is 1. The van der Waals surface area contributed by atoms with Gasteiger partial charge in [0.1, 0.15) is 0 Å². The molecule has 0 radical (unpaired) electrons. The third-order valence-electron chi connectivity index (χ3n) is 5.69. The van der Waals surface area contributed by atoms with E-state index in [1.807, 2.05) is 17.9 Å². The molecule has 3 heterocycles. The minimum absolute atomic E-state index is 0.451. The van der Waals surface area contributed by atoms with Crippen molar-refractivity contribution < 1.29 is 0 Å². The second kappa shape index (κ2) is 7.82. The van der Waals surface area contributed by atoms with E-state index in [9.17, 15) is 0 Å². The van der Waals surface area contributed by atoms with Gasteiger partial charge < -0.3 is 0 Å². The molecular weight excluding hydrogens is 340 g/mol. The largest absolute Gasteiger partial charge is 0.299 e. The first kappa shape index (κ1) is 17.6. The van der Waals surface area contributed by atoms with Gasteiger partial charge >= 0.3 is 0 Å². The number of aromatic nitrogens is 2. The zero-order valence-electron chi connectivity index (χ0n) is 15.5. The average molecular weight is 367 g/mol. The second-order valence-corrected chi connectivity index (χ2v) is 8.18. The van der Waals surface area contributed by atoms with Crippen LogP contribution in [0.1, 0.15) is 36.9 Å². The van der Waals surface area contributed by atoms with Gasteiger partial charge in [-0.15, -0.1) is 11.3 Å². The lowest BCUT2D eigenvalue weighted by atomic mass is 9.99. The fourth-order valence-electron chi connectivity index (χ4n) is 3.96. The predicted molar refractivity (Wildman–Crippen MR) is 108 cm³/mol. The first-order valence-electron chi connectivity index (χ1n) is 9.37. The standard InChI is InChI=1S/C21H26N4S/c1-16(18-3-4-21-20(13-18)23-15-26-21)25-11-7-19(8-12-25)24(2)14-17-5-9-22-10-6-17/h3-6,9-10,13,15-16,19H,7-8,11-12,14H2,1-2H3. The van der Waals surface area contributed by atoms with Gasteiger partial charge in [0, 0.05) is 44.1 Å². The van der Waals surface area contributed by atoms with Crippen molar-refractivity contribution in [3.8, 4) is 0 Å². The Kier molecular flexibility index (Phi) is 5.29. The summed E-state index contributed by atoms with van der Waals surface area (Å²) in [6, 6.07) is 12.1. The number of rotatable bonds is 5. The van der Waals surface area contributed by atoms with Gasteiger partial charge in [-0.25, -0.2) is 4.98 Å². The van der Waals surface area contributed by atoms with E-state index >= 15 is 0 Å². The zero-order valence-corrected chi connectivity index (χ0v) is 16.3. The van der Waals surface area contributed by atoms with Crippen molar-refractivity contribution in [2.24, 2.45) is 0 Å². The molecule has 0 bridgehead atoms. The molecule has 0 saturated carbocycles. The van der Waals surface area contributed by atoms with Gasteiger partial charge in [-0.3, -0.25) is 14.8 Å². The second-order valence-electron chi connectivity index (χ2n) is 7.29. The van der Waals surface area contributed by atoms with Gasteiger partial charge in [-0.2, -0.15) is 0 Å². The smallest absolute Gasteiger partial charge is 0.0815 e. The Hall–Kier alpha value is -1.82. The summed E-state index contributed by atoms with van der Waals surface area (Å²) in [5.74, 6) is 0. The van der Waals surface area contributed by atoms with Gasteiger partial charge in [-0.1, -0.05) is 6.07 Å². The number of likely N-dealkylation sites (tertiary alicyclic amines) is 1. The summed E-state index contributed by atoms with van der Waals surface area (Å²) in [6.07, 6.45) is 6.22. The number of thiazole rings is 1. The lowest BCUT2D eigenvalue weighted by Gasteiger charge is -2.39. The Balaban J connectivity index is 1.35. The number of hydrogen-bond donors (Lipinski definition) is 0.